The highest BCUT2D eigenvalue weighted by atomic mass is 16.2. The van der Waals surface area contributed by atoms with Gasteiger partial charge in [-0.3, -0.25) is 4.90 Å². The summed E-state index contributed by atoms with van der Waals surface area (Å²) in [5, 5.41) is 6.06. The number of aromatic nitrogens is 2. The lowest BCUT2D eigenvalue weighted by Gasteiger charge is -2.44. The minimum absolute atomic E-state index is 0.0336. The molecule has 0 bridgehead atoms. The maximum atomic E-state index is 12.2. The van der Waals surface area contributed by atoms with Crippen LogP contribution in [0.2, 0.25) is 0 Å². The summed E-state index contributed by atoms with van der Waals surface area (Å²) in [4.78, 5) is 21.3. The van der Waals surface area contributed by atoms with Gasteiger partial charge in [-0.05, 0) is 53.6 Å². The summed E-state index contributed by atoms with van der Waals surface area (Å²) < 4.78 is 2.12. The molecule has 0 aliphatic carbocycles. The van der Waals surface area contributed by atoms with Crippen molar-refractivity contribution in [2.75, 3.05) is 40.3 Å². The monoisotopic (exact) mass is 378 g/mol. The molecule has 1 aliphatic rings. The number of hydrogen-bond donors (Lipinski definition) is 2. The molecule has 7 nitrogen and oxygen atoms in total. The van der Waals surface area contributed by atoms with Crippen LogP contribution in [0.4, 0.5) is 4.79 Å². The molecule has 1 saturated heterocycles. The molecule has 1 atom stereocenters. The molecule has 0 spiro atoms. The van der Waals surface area contributed by atoms with Crippen molar-refractivity contribution in [3.63, 3.8) is 0 Å². The summed E-state index contributed by atoms with van der Waals surface area (Å²) in [6.07, 6.45) is 6.17. The zero-order valence-corrected chi connectivity index (χ0v) is 18.0. The quantitative estimate of drug-likeness (QED) is 0.725. The number of hydrogen-bond acceptors (Lipinski definition) is 4. The van der Waals surface area contributed by atoms with Crippen LogP contribution in [0.3, 0.4) is 0 Å². The number of aryl methyl sites for hydroxylation is 1. The maximum Gasteiger partial charge on any atom is 0.314 e. The second kappa shape index (κ2) is 9.55. The Morgan fingerprint density at radius 3 is 2.56 bits per heavy atom. The lowest BCUT2D eigenvalue weighted by atomic mass is 9.96. The maximum absolute atomic E-state index is 12.2. The van der Waals surface area contributed by atoms with Crippen molar-refractivity contribution in [1.29, 1.82) is 0 Å². The van der Waals surface area contributed by atoms with Gasteiger partial charge in [-0.1, -0.05) is 6.92 Å². The van der Waals surface area contributed by atoms with E-state index >= 15 is 0 Å². The number of piperidine rings is 1. The minimum atomic E-state index is -0.0829. The molecule has 2 heterocycles. The van der Waals surface area contributed by atoms with Crippen molar-refractivity contribution < 1.29 is 4.79 Å². The van der Waals surface area contributed by atoms with Crippen LogP contribution in [0, 0.1) is 12.8 Å². The highest BCUT2D eigenvalue weighted by Gasteiger charge is 2.31. The van der Waals surface area contributed by atoms with Crippen LogP contribution in [-0.2, 0) is 6.54 Å². The lowest BCUT2D eigenvalue weighted by Crippen LogP contribution is -2.56. The third-order valence-corrected chi connectivity index (χ3v) is 5.78. The Morgan fingerprint density at radius 1 is 1.33 bits per heavy atom. The van der Waals surface area contributed by atoms with Crippen LogP contribution in [0.25, 0.3) is 0 Å². The predicted molar refractivity (Wildman–Crippen MR) is 110 cm³/mol. The largest absolute Gasteiger partial charge is 0.338 e. The first-order valence-electron chi connectivity index (χ1n) is 10.1. The molecule has 1 aliphatic heterocycles. The Bertz CT molecular complexity index is 589. The van der Waals surface area contributed by atoms with Gasteiger partial charge in [0, 0.05) is 56.7 Å². The van der Waals surface area contributed by atoms with Crippen molar-refractivity contribution in [3.05, 3.63) is 18.2 Å². The fraction of sp³-hybridized carbons (Fsp3) is 0.800. The topological polar surface area (TPSA) is 65.4 Å². The fourth-order valence-electron chi connectivity index (χ4n) is 3.72. The van der Waals surface area contributed by atoms with Crippen LogP contribution >= 0.6 is 0 Å². The summed E-state index contributed by atoms with van der Waals surface area (Å²) in [6, 6.07) is 0.592. The van der Waals surface area contributed by atoms with Crippen molar-refractivity contribution in [2.45, 2.75) is 58.7 Å². The average molecular weight is 379 g/mol. The fourth-order valence-corrected chi connectivity index (χ4v) is 3.72. The molecule has 0 saturated carbocycles. The SMILES string of the molecule is Cc1nccn1C[C@H](C)CNC(=O)NCC(C)(C)N1CCC(N(C)C)CC1. The number of rotatable bonds is 8. The van der Waals surface area contributed by atoms with E-state index in [1.54, 1.807) is 0 Å². The van der Waals surface area contributed by atoms with E-state index < -0.39 is 0 Å². The van der Waals surface area contributed by atoms with Gasteiger partial charge in [0.1, 0.15) is 5.82 Å². The van der Waals surface area contributed by atoms with Gasteiger partial charge >= 0.3 is 6.03 Å². The van der Waals surface area contributed by atoms with Crippen molar-refractivity contribution >= 4 is 6.03 Å². The summed E-state index contributed by atoms with van der Waals surface area (Å²) >= 11 is 0. The van der Waals surface area contributed by atoms with E-state index in [1.165, 1.54) is 12.8 Å². The van der Waals surface area contributed by atoms with Crippen LogP contribution in [-0.4, -0.2) is 77.2 Å². The van der Waals surface area contributed by atoms with Gasteiger partial charge in [-0.15, -0.1) is 0 Å². The average Bonchev–Trinajstić information content (AvgIpc) is 3.03. The third kappa shape index (κ3) is 6.50. The van der Waals surface area contributed by atoms with Gasteiger partial charge in [0.05, 0.1) is 0 Å². The number of likely N-dealkylation sites (tertiary alicyclic amines) is 1. The van der Waals surface area contributed by atoms with E-state index in [4.69, 9.17) is 0 Å². The number of nitrogens with one attached hydrogen (secondary N) is 2. The first-order chi connectivity index (χ1) is 12.7. The zero-order valence-electron chi connectivity index (χ0n) is 18.0. The number of urea groups is 1. The molecule has 0 radical (unpaired) electrons. The molecule has 1 aromatic rings. The van der Waals surface area contributed by atoms with Gasteiger partial charge in [0.25, 0.3) is 0 Å². The smallest absolute Gasteiger partial charge is 0.314 e. The predicted octanol–water partition coefficient (Wildman–Crippen LogP) is 1.93. The van der Waals surface area contributed by atoms with Crippen LogP contribution in [0.5, 0.6) is 0 Å². The van der Waals surface area contributed by atoms with Crippen LogP contribution < -0.4 is 10.6 Å². The summed E-state index contributed by atoms with van der Waals surface area (Å²) in [5.41, 5.74) is -0.0336. The molecular weight excluding hydrogens is 340 g/mol. The number of carbonyl (C=O) groups is 1. The highest BCUT2D eigenvalue weighted by Crippen LogP contribution is 2.22. The minimum Gasteiger partial charge on any atom is -0.338 e. The van der Waals surface area contributed by atoms with E-state index in [9.17, 15) is 4.79 Å². The van der Waals surface area contributed by atoms with Crippen molar-refractivity contribution in [2.24, 2.45) is 5.92 Å². The number of carbonyl (C=O) groups excluding carboxylic acids is 1. The molecule has 0 unspecified atom stereocenters. The highest BCUT2D eigenvalue weighted by molar-refractivity contribution is 5.73. The third-order valence-electron chi connectivity index (χ3n) is 5.78. The Labute approximate surface area is 164 Å². The van der Waals surface area contributed by atoms with Gasteiger partial charge in [0.15, 0.2) is 0 Å². The van der Waals surface area contributed by atoms with Crippen molar-refractivity contribution in [1.82, 2.24) is 30.0 Å². The van der Waals surface area contributed by atoms with E-state index in [-0.39, 0.29) is 11.6 Å². The molecule has 7 heteroatoms. The molecular formula is C20H38N6O. The molecule has 1 fully saturated rings. The standard InChI is InChI=1S/C20H38N6O/c1-16(14-25-12-9-21-17(25)2)13-22-19(27)23-15-20(3,4)26-10-7-18(8-11-26)24(5)6/h9,12,16,18H,7-8,10-11,13-15H2,1-6H3,(H2,22,23,27)/t16-/m1/s1. The Balaban J connectivity index is 1.69. The molecule has 1 aromatic heterocycles. The summed E-state index contributed by atoms with van der Waals surface area (Å²) in [7, 11) is 4.32. The van der Waals surface area contributed by atoms with Gasteiger partial charge < -0.3 is 20.1 Å². The second-order valence-corrected chi connectivity index (χ2v) is 8.79. The number of amides is 2. The van der Waals surface area contributed by atoms with E-state index in [1.807, 2.05) is 19.3 Å². The normalized spacial score (nSPS) is 17.9. The summed E-state index contributed by atoms with van der Waals surface area (Å²) in [6.45, 7) is 12.9. The lowest BCUT2D eigenvalue weighted by molar-refractivity contribution is 0.0631. The zero-order chi connectivity index (χ0) is 20.0. The Morgan fingerprint density at radius 2 is 2.00 bits per heavy atom. The number of imidazole rings is 1. The molecule has 2 N–H and O–H groups in total. The first kappa shape index (κ1) is 21.7. The first-order valence-corrected chi connectivity index (χ1v) is 10.1. The molecule has 27 heavy (non-hydrogen) atoms. The molecule has 0 aromatic carbocycles. The second-order valence-electron chi connectivity index (χ2n) is 8.79. The van der Waals surface area contributed by atoms with E-state index in [0.29, 0.717) is 25.0 Å². The molecule has 2 rings (SSSR count). The van der Waals surface area contributed by atoms with Gasteiger partial charge in [-0.2, -0.15) is 0 Å². The van der Waals surface area contributed by atoms with E-state index in [0.717, 1.165) is 25.5 Å². The van der Waals surface area contributed by atoms with E-state index in [2.05, 4.69) is 64.9 Å². The van der Waals surface area contributed by atoms with Gasteiger partial charge in [0.2, 0.25) is 0 Å². The summed E-state index contributed by atoms with van der Waals surface area (Å²) in [5.74, 6) is 1.35. The number of nitrogens with zero attached hydrogens (tertiary/aromatic N) is 4. The Kier molecular flexibility index (Phi) is 7.68. The van der Waals surface area contributed by atoms with Crippen molar-refractivity contribution in [3.8, 4) is 0 Å². The van der Waals surface area contributed by atoms with Crippen LogP contribution in [0.1, 0.15) is 39.4 Å². The Hall–Kier alpha value is -1.60. The molecule has 2 amide bonds. The van der Waals surface area contributed by atoms with Gasteiger partial charge in [-0.25, -0.2) is 9.78 Å². The van der Waals surface area contributed by atoms with Crippen LogP contribution in [0.15, 0.2) is 12.4 Å². The molecule has 154 valence electrons.